The van der Waals surface area contributed by atoms with Crippen molar-refractivity contribution in [2.24, 2.45) is 34.5 Å². The fourth-order valence-corrected chi connectivity index (χ4v) is 7.63. The summed E-state index contributed by atoms with van der Waals surface area (Å²) in [7, 11) is 0. The van der Waals surface area contributed by atoms with Crippen LogP contribution in [0.1, 0.15) is 77.6 Å². The van der Waals surface area contributed by atoms with Gasteiger partial charge in [0.05, 0.1) is 6.61 Å². The molecule has 0 unspecified atom stereocenters. The first-order chi connectivity index (χ1) is 12.3. The first-order valence-electron chi connectivity index (χ1n) is 10.5. The molecule has 2 nitrogen and oxygen atoms in total. The molecule has 0 aromatic rings. The van der Waals surface area contributed by atoms with E-state index in [2.05, 4.69) is 6.92 Å². The highest BCUT2D eigenvalue weighted by atomic mass is 19.4. The Labute approximate surface area is 154 Å². The van der Waals surface area contributed by atoms with E-state index in [-0.39, 0.29) is 12.0 Å². The molecule has 0 amide bonds. The lowest BCUT2D eigenvalue weighted by Crippen LogP contribution is -2.53. The predicted octanol–water partition coefficient (Wildman–Crippen LogP) is 5.89. The molecule has 4 saturated carbocycles. The van der Waals surface area contributed by atoms with Crippen LogP contribution < -0.4 is 0 Å². The van der Waals surface area contributed by atoms with Gasteiger partial charge in [0, 0.05) is 5.41 Å². The minimum atomic E-state index is -4.88. The van der Waals surface area contributed by atoms with Gasteiger partial charge in [-0.1, -0.05) is 26.2 Å². The maximum absolute atomic E-state index is 12.6. The summed E-state index contributed by atoms with van der Waals surface area (Å²) >= 11 is 0. The molecule has 0 aromatic carbocycles. The highest BCUT2D eigenvalue weighted by Crippen LogP contribution is 2.66. The number of rotatable bonds is 2. The van der Waals surface area contributed by atoms with Crippen molar-refractivity contribution >= 4 is 5.97 Å². The smallest absolute Gasteiger partial charge is 0.458 e. The average molecular weight is 372 g/mol. The first-order valence-corrected chi connectivity index (χ1v) is 10.5. The number of ether oxygens (including phenoxy) is 1. The SMILES string of the molecule is C[C@]12CCCC[C@@H]1CC[C@H]1[C@@H]3CCC[C@@]3(COC(=O)C(F)(F)F)CC[C@@H]12. The first kappa shape index (κ1) is 18.6. The van der Waals surface area contributed by atoms with Gasteiger partial charge >= 0.3 is 12.1 Å². The molecule has 148 valence electrons. The third-order valence-electron chi connectivity index (χ3n) is 8.83. The molecule has 26 heavy (non-hydrogen) atoms. The van der Waals surface area contributed by atoms with Crippen LogP contribution in [0.2, 0.25) is 0 Å². The molecule has 0 saturated heterocycles. The normalized spacial score (nSPS) is 45.4. The van der Waals surface area contributed by atoms with Gasteiger partial charge in [-0.25, -0.2) is 4.79 Å². The lowest BCUT2D eigenvalue weighted by Gasteiger charge is -2.60. The van der Waals surface area contributed by atoms with Crippen LogP contribution in [0.5, 0.6) is 0 Å². The van der Waals surface area contributed by atoms with Crippen molar-refractivity contribution in [2.75, 3.05) is 6.61 Å². The van der Waals surface area contributed by atoms with Crippen molar-refractivity contribution in [2.45, 2.75) is 83.7 Å². The van der Waals surface area contributed by atoms with Crippen LogP contribution in [-0.4, -0.2) is 18.8 Å². The van der Waals surface area contributed by atoms with Crippen molar-refractivity contribution in [1.82, 2.24) is 0 Å². The predicted molar refractivity (Wildman–Crippen MR) is 92.3 cm³/mol. The Balaban J connectivity index is 1.51. The second-order valence-electron chi connectivity index (χ2n) is 9.77. The third-order valence-corrected chi connectivity index (χ3v) is 8.83. The van der Waals surface area contributed by atoms with Crippen molar-refractivity contribution in [3.63, 3.8) is 0 Å². The summed E-state index contributed by atoms with van der Waals surface area (Å²) < 4.78 is 42.5. The molecule has 0 spiro atoms. The standard InChI is InChI=1S/C21H31F3O2/c1-19-10-3-2-5-14(19)7-8-15-16(19)9-12-20(11-4-6-17(15)20)13-26-18(25)21(22,23)24/h14-17H,2-13H2,1H3/t14-,15-,16+,17+,19+,20+/m1/s1. The highest BCUT2D eigenvalue weighted by molar-refractivity contribution is 5.75. The number of halogens is 3. The Bertz CT molecular complexity index is 560. The summed E-state index contributed by atoms with van der Waals surface area (Å²) in [6, 6.07) is 0. The van der Waals surface area contributed by atoms with Crippen LogP contribution in [0.15, 0.2) is 0 Å². The van der Waals surface area contributed by atoms with Crippen molar-refractivity contribution in [3.8, 4) is 0 Å². The molecule has 0 bridgehead atoms. The Morgan fingerprint density at radius 1 is 0.962 bits per heavy atom. The quantitative estimate of drug-likeness (QED) is 0.565. The lowest BCUT2D eigenvalue weighted by atomic mass is 9.45. The number of carbonyl (C=O) groups excluding carboxylic acids is 1. The zero-order valence-electron chi connectivity index (χ0n) is 15.7. The number of hydrogen-bond donors (Lipinski definition) is 0. The van der Waals surface area contributed by atoms with E-state index < -0.39 is 12.1 Å². The summed E-state index contributed by atoms with van der Waals surface area (Å²) in [5, 5.41) is 0. The number of hydrogen-bond acceptors (Lipinski definition) is 2. The number of alkyl halides is 3. The Morgan fingerprint density at radius 2 is 1.77 bits per heavy atom. The molecule has 0 N–H and O–H groups in total. The van der Waals surface area contributed by atoms with Gasteiger partial charge in [0.2, 0.25) is 0 Å². The van der Waals surface area contributed by atoms with E-state index in [1.54, 1.807) is 0 Å². The maximum Gasteiger partial charge on any atom is 0.490 e. The summed E-state index contributed by atoms with van der Waals surface area (Å²) in [6.07, 6.45) is 8.14. The highest BCUT2D eigenvalue weighted by Gasteiger charge is 2.59. The molecule has 0 aromatic heterocycles. The molecular formula is C21H31F3O2. The third kappa shape index (κ3) is 2.88. The van der Waals surface area contributed by atoms with Crippen molar-refractivity contribution in [3.05, 3.63) is 0 Å². The van der Waals surface area contributed by atoms with Crippen molar-refractivity contribution in [1.29, 1.82) is 0 Å². The average Bonchev–Trinajstić information content (AvgIpc) is 3.02. The summed E-state index contributed by atoms with van der Waals surface area (Å²) in [5.74, 6) is 0.616. The molecule has 4 fully saturated rings. The Hall–Kier alpha value is -0.740. The molecule has 4 aliphatic rings. The molecular weight excluding hydrogens is 341 g/mol. The van der Waals surface area contributed by atoms with Gasteiger partial charge in [0.25, 0.3) is 0 Å². The Kier molecular flexibility index (Phi) is 4.59. The zero-order chi connectivity index (χ0) is 18.6. The van der Waals surface area contributed by atoms with E-state index in [1.807, 2.05) is 0 Å². The van der Waals surface area contributed by atoms with Gasteiger partial charge < -0.3 is 4.74 Å². The van der Waals surface area contributed by atoms with E-state index in [0.29, 0.717) is 17.3 Å². The molecule has 0 heterocycles. The minimum absolute atomic E-state index is 0.0284. The van der Waals surface area contributed by atoms with E-state index in [1.165, 1.54) is 38.5 Å². The minimum Gasteiger partial charge on any atom is -0.458 e. The summed E-state index contributed by atoms with van der Waals surface area (Å²) in [5.41, 5.74) is 0.235. The fourth-order valence-electron chi connectivity index (χ4n) is 7.63. The summed E-state index contributed by atoms with van der Waals surface area (Å²) in [4.78, 5) is 11.3. The topological polar surface area (TPSA) is 26.3 Å². The largest absolute Gasteiger partial charge is 0.490 e. The summed E-state index contributed by atoms with van der Waals surface area (Å²) in [6.45, 7) is 2.47. The van der Waals surface area contributed by atoms with Gasteiger partial charge in [-0.05, 0) is 80.5 Å². The molecule has 0 aliphatic heterocycles. The number of fused-ring (bicyclic) bond motifs is 5. The second kappa shape index (κ2) is 6.41. The van der Waals surface area contributed by atoms with Gasteiger partial charge in [-0.15, -0.1) is 0 Å². The second-order valence-corrected chi connectivity index (χ2v) is 9.77. The zero-order valence-corrected chi connectivity index (χ0v) is 15.7. The number of esters is 1. The van der Waals surface area contributed by atoms with Crippen LogP contribution >= 0.6 is 0 Å². The van der Waals surface area contributed by atoms with Crippen LogP contribution in [0.4, 0.5) is 13.2 Å². The van der Waals surface area contributed by atoms with Gasteiger partial charge in [-0.3, -0.25) is 0 Å². The molecule has 4 rings (SSSR count). The Morgan fingerprint density at radius 3 is 2.54 bits per heavy atom. The molecule has 4 aliphatic carbocycles. The van der Waals surface area contributed by atoms with Crippen LogP contribution in [-0.2, 0) is 9.53 Å². The molecule has 5 heteroatoms. The van der Waals surface area contributed by atoms with Crippen LogP contribution in [0.3, 0.4) is 0 Å². The molecule has 6 atom stereocenters. The monoisotopic (exact) mass is 372 g/mol. The van der Waals surface area contributed by atoms with Crippen LogP contribution in [0.25, 0.3) is 0 Å². The van der Waals surface area contributed by atoms with E-state index in [9.17, 15) is 18.0 Å². The van der Waals surface area contributed by atoms with Gasteiger partial charge in [0.1, 0.15) is 0 Å². The number of carbonyl (C=O) groups is 1. The van der Waals surface area contributed by atoms with E-state index in [0.717, 1.165) is 43.9 Å². The van der Waals surface area contributed by atoms with E-state index >= 15 is 0 Å². The van der Waals surface area contributed by atoms with Gasteiger partial charge in [-0.2, -0.15) is 13.2 Å². The van der Waals surface area contributed by atoms with E-state index in [4.69, 9.17) is 4.74 Å². The molecule has 0 radical (unpaired) electrons. The lowest BCUT2D eigenvalue weighted by molar-refractivity contribution is -0.206. The fraction of sp³-hybridized carbons (Fsp3) is 0.952. The van der Waals surface area contributed by atoms with Crippen molar-refractivity contribution < 1.29 is 22.7 Å². The van der Waals surface area contributed by atoms with Gasteiger partial charge in [0.15, 0.2) is 0 Å². The van der Waals surface area contributed by atoms with Crippen LogP contribution in [0, 0.1) is 34.5 Å². The maximum atomic E-state index is 12.6.